The first-order chi connectivity index (χ1) is 8.40. The fourth-order valence-corrected chi connectivity index (χ4v) is 1.35. The molecule has 0 radical (unpaired) electrons. The molecule has 0 aliphatic heterocycles. The lowest BCUT2D eigenvalue weighted by Crippen LogP contribution is -2.05. The summed E-state index contributed by atoms with van der Waals surface area (Å²) < 4.78 is 28.0. The summed E-state index contributed by atoms with van der Waals surface area (Å²) in [5, 5.41) is 10.8. The number of benzene rings is 1. The smallest absolute Gasteiger partial charge is 0.387 e. The molecule has 0 unspecified atom stereocenters. The Kier molecular flexibility index (Phi) is 4.76. The number of nitrogens with zero attached hydrogens (tertiary/aromatic N) is 1. The normalized spacial score (nSPS) is 12.0. The van der Waals surface area contributed by atoms with Crippen LogP contribution in [0.5, 0.6) is 5.75 Å². The summed E-state index contributed by atoms with van der Waals surface area (Å²) in [6.45, 7) is 0.544. The first kappa shape index (κ1) is 14.1. The van der Waals surface area contributed by atoms with Gasteiger partial charge in [0, 0.05) is 12.0 Å². The molecule has 98 valence electrons. The Morgan fingerprint density at radius 1 is 1.33 bits per heavy atom. The highest BCUT2D eigenvalue weighted by Crippen LogP contribution is 2.19. The number of alkyl halides is 2. The molecule has 0 saturated heterocycles. The number of halogens is 2. The van der Waals surface area contributed by atoms with Crippen molar-refractivity contribution in [2.75, 3.05) is 0 Å². The Balaban J connectivity index is 2.91. The lowest BCUT2D eigenvalue weighted by Gasteiger charge is -2.05. The molecule has 0 heterocycles. The van der Waals surface area contributed by atoms with Gasteiger partial charge in [-0.2, -0.15) is 8.78 Å². The second-order valence-electron chi connectivity index (χ2n) is 3.93. The van der Waals surface area contributed by atoms with Gasteiger partial charge in [0.1, 0.15) is 5.75 Å². The number of hydrogen-bond donors (Lipinski definition) is 0. The zero-order chi connectivity index (χ0) is 13.7. The minimum absolute atomic E-state index is 0.0225. The van der Waals surface area contributed by atoms with Crippen LogP contribution in [-0.2, 0) is 0 Å². The molecule has 0 aliphatic rings. The van der Waals surface area contributed by atoms with Gasteiger partial charge in [-0.1, -0.05) is 26.0 Å². The topological polar surface area (TPSA) is 52.4 Å². The molecule has 0 atom stereocenters. The van der Waals surface area contributed by atoms with E-state index in [0.717, 1.165) is 0 Å². The molecular weight excluding hydrogens is 244 g/mol. The van der Waals surface area contributed by atoms with Crippen LogP contribution in [0.4, 0.5) is 8.78 Å². The highest BCUT2D eigenvalue weighted by molar-refractivity contribution is 5.52. The van der Waals surface area contributed by atoms with Gasteiger partial charge in [0.2, 0.25) is 5.70 Å². The van der Waals surface area contributed by atoms with Crippen molar-refractivity contribution < 1.29 is 18.4 Å². The van der Waals surface area contributed by atoms with Crippen molar-refractivity contribution in [1.82, 2.24) is 0 Å². The molecule has 0 fully saturated rings. The standard InChI is InChI=1S/C12H13F2NO3/c1-8(2)11(15(16)17)7-9-3-5-10(6-4-9)18-12(13)14/h3-8,12H,1-2H3/b11-7-. The summed E-state index contributed by atoms with van der Waals surface area (Å²) in [5.74, 6) is -0.202. The van der Waals surface area contributed by atoms with Crippen LogP contribution in [0, 0.1) is 16.0 Å². The number of allylic oxidation sites excluding steroid dienone is 1. The molecule has 1 rings (SSSR count). The van der Waals surface area contributed by atoms with E-state index in [0.29, 0.717) is 5.56 Å². The summed E-state index contributed by atoms with van der Waals surface area (Å²) in [6.07, 6.45) is 1.41. The summed E-state index contributed by atoms with van der Waals surface area (Å²) in [6, 6.07) is 5.67. The summed E-state index contributed by atoms with van der Waals surface area (Å²) >= 11 is 0. The van der Waals surface area contributed by atoms with Crippen LogP contribution in [0.2, 0.25) is 0 Å². The highest BCUT2D eigenvalue weighted by Gasteiger charge is 2.15. The molecule has 1 aromatic rings. The Morgan fingerprint density at radius 3 is 2.28 bits per heavy atom. The Bertz CT molecular complexity index is 441. The minimum Gasteiger partial charge on any atom is -0.435 e. The van der Waals surface area contributed by atoms with Crippen LogP contribution in [0.15, 0.2) is 30.0 Å². The Labute approximate surface area is 103 Å². The van der Waals surface area contributed by atoms with E-state index in [2.05, 4.69) is 4.74 Å². The maximum atomic E-state index is 11.9. The third-order valence-corrected chi connectivity index (χ3v) is 2.22. The van der Waals surface area contributed by atoms with E-state index >= 15 is 0 Å². The SMILES string of the molecule is CC(C)/C(=C/c1ccc(OC(F)F)cc1)[N+](=O)[O-]. The van der Waals surface area contributed by atoms with Gasteiger partial charge in [0.25, 0.3) is 0 Å². The molecular formula is C12H13F2NO3. The van der Waals surface area contributed by atoms with Crippen molar-refractivity contribution in [3.05, 3.63) is 45.6 Å². The van der Waals surface area contributed by atoms with Gasteiger partial charge >= 0.3 is 6.61 Å². The molecule has 0 bridgehead atoms. The van der Waals surface area contributed by atoms with Crippen molar-refractivity contribution in [2.24, 2.45) is 5.92 Å². The van der Waals surface area contributed by atoms with Gasteiger partial charge in [0.15, 0.2) is 0 Å². The van der Waals surface area contributed by atoms with Gasteiger partial charge < -0.3 is 4.74 Å². The zero-order valence-corrected chi connectivity index (χ0v) is 9.97. The first-order valence-corrected chi connectivity index (χ1v) is 5.31. The number of ether oxygens (including phenoxy) is 1. The van der Waals surface area contributed by atoms with Crippen molar-refractivity contribution in [2.45, 2.75) is 20.5 Å². The van der Waals surface area contributed by atoms with Gasteiger partial charge in [-0.25, -0.2) is 0 Å². The van der Waals surface area contributed by atoms with Gasteiger partial charge in [-0.15, -0.1) is 0 Å². The average molecular weight is 257 g/mol. The van der Waals surface area contributed by atoms with E-state index in [1.54, 1.807) is 13.8 Å². The molecule has 18 heavy (non-hydrogen) atoms. The van der Waals surface area contributed by atoms with Crippen LogP contribution in [0.25, 0.3) is 6.08 Å². The van der Waals surface area contributed by atoms with E-state index in [-0.39, 0.29) is 17.4 Å². The number of hydrogen-bond acceptors (Lipinski definition) is 3. The van der Waals surface area contributed by atoms with Gasteiger partial charge in [-0.3, -0.25) is 10.1 Å². The molecule has 0 saturated carbocycles. The quantitative estimate of drug-likeness (QED) is 0.598. The Hall–Kier alpha value is -1.98. The lowest BCUT2D eigenvalue weighted by molar-refractivity contribution is -0.431. The second-order valence-corrected chi connectivity index (χ2v) is 3.93. The number of rotatable bonds is 5. The molecule has 0 spiro atoms. The van der Waals surface area contributed by atoms with E-state index in [9.17, 15) is 18.9 Å². The van der Waals surface area contributed by atoms with Crippen LogP contribution >= 0.6 is 0 Å². The monoisotopic (exact) mass is 257 g/mol. The fourth-order valence-electron chi connectivity index (χ4n) is 1.35. The van der Waals surface area contributed by atoms with E-state index in [4.69, 9.17) is 0 Å². The maximum absolute atomic E-state index is 11.9. The predicted octanol–water partition coefficient (Wildman–Crippen LogP) is 3.56. The van der Waals surface area contributed by atoms with Crippen molar-refractivity contribution in [1.29, 1.82) is 0 Å². The molecule has 0 aliphatic carbocycles. The fraction of sp³-hybridized carbons (Fsp3) is 0.333. The third kappa shape index (κ3) is 4.12. The molecule has 0 N–H and O–H groups in total. The number of nitro groups is 1. The van der Waals surface area contributed by atoms with Crippen molar-refractivity contribution >= 4 is 6.08 Å². The second kappa shape index (κ2) is 6.09. The van der Waals surface area contributed by atoms with E-state index < -0.39 is 11.5 Å². The first-order valence-electron chi connectivity index (χ1n) is 5.31. The van der Waals surface area contributed by atoms with Crippen molar-refractivity contribution in [3.63, 3.8) is 0 Å². The summed E-state index contributed by atoms with van der Waals surface area (Å²) in [7, 11) is 0. The molecule has 0 amide bonds. The highest BCUT2D eigenvalue weighted by atomic mass is 19.3. The summed E-state index contributed by atoms with van der Waals surface area (Å²) in [5.41, 5.74) is 0.634. The molecule has 0 aromatic heterocycles. The van der Waals surface area contributed by atoms with Crippen molar-refractivity contribution in [3.8, 4) is 5.75 Å². The van der Waals surface area contributed by atoms with Gasteiger partial charge in [0.05, 0.1) is 4.92 Å². The average Bonchev–Trinajstić information content (AvgIpc) is 2.26. The van der Waals surface area contributed by atoms with Gasteiger partial charge in [-0.05, 0) is 17.7 Å². The van der Waals surface area contributed by atoms with Crippen LogP contribution in [0.3, 0.4) is 0 Å². The van der Waals surface area contributed by atoms with Crippen LogP contribution in [0.1, 0.15) is 19.4 Å². The van der Waals surface area contributed by atoms with E-state index in [1.807, 2.05) is 0 Å². The van der Waals surface area contributed by atoms with Crippen LogP contribution < -0.4 is 4.74 Å². The van der Waals surface area contributed by atoms with Crippen LogP contribution in [-0.4, -0.2) is 11.5 Å². The molecule has 1 aromatic carbocycles. The lowest BCUT2D eigenvalue weighted by atomic mass is 10.1. The largest absolute Gasteiger partial charge is 0.435 e. The van der Waals surface area contributed by atoms with E-state index in [1.165, 1.54) is 30.3 Å². The zero-order valence-electron chi connectivity index (χ0n) is 9.97. The predicted molar refractivity (Wildman–Crippen MR) is 62.9 cm³/mol. The molecule has 4 nitrogen and oxygen atoms in total. The Morgan fingerprint density at radius 2 is 1.89 bits per heavy atom. The molecule has 6 heteroatoms. The maximum Gasteiger partial charge on any atom is 0.387 e. The summed E-state index contributed by atoms with van der Waals surface area (Å²) in [4.78, 5) is 10.3. The minimum atomic E-state index is -2.88. The third-order valence-electron chi connectivity index (χ3n) is 2.22.